The lowest BCUT2D eigenvalue weighted by molar-refractivity contribution is 0.0304. The van der Waals surface area contributed by atoms with Crippen LogP contribution < -0.4 is 5.73 Å². The highest BCUT2D eigenvalue weighted by Gasteiger charge is 2.22. The van der Waals surface area contributed by atoms with Gasteiger partial charge in [0, 0.05) is 41.5 Å². The molecule has 4 rings (SSSR count). The molecule has 0 atom stereocenters. The maximum absolute atomic E-state index is 13.1. The molecule has 0 unspecified atom stereocenters. The molecule has 1 aromatic carbocycles. The number of anilines is 1. The third-order valence-electron chi connectivity index (χ3n) is 4.27. The Balaban J connectivity index is 1.86. The van der Waals surface area contributed by atoms with Gasteiger partial charge in [0.05, 0.1) is 30.0 Å². The van der Waals surface area contributed by atoms with Gasteiger partial charge in [-0.2, -0.15) is 0 Å². The molecule has 2 N–H and O–H groups in total. The highest BCUT2D eigenvalue weighted by atomic mass is 35.5. The first-order valence-electron chi connectivity index (χ1n) is 8.17. The Kier molecular flexibility index (Phi) is 4.40. The normalized spacial score (nSPS) is 14.6. The molecule has 1 amide bonds. The molecule has 0 radical (unpaired) electrons. The summed E-state index contributed by atoms with van der Waals surface area (Å²) in [5.74, 6) is 0.128. The van der Waals surface area contributed by atoms with E-state index < -0.39 is 0 Å². The fraction of sp³-hybridized carbons (Fsp3) is 0.222. The van der Waals surface area contributed by atoms with Gasteiger partial charge in [0.2, 0.25) is 5.95 Å². The SMILES string of the molecule is Nc1ncc(-c2cc(C(=O)N3CCOCC3)c3ccc(Cl)cc3n2)cn1. The number of fused-ring (bicyclic) bond motifs is 1. The zero-order chi connectivity index (χ0) is 18.1. The van der Waals surface area contributed by atoms with Crippen LogP contribution in [0, 0.1) is 0 Å². The van der Waals surface area contributed by atoms with Gasteiger partial charge >= 0.3 is 0 Å². The monoisotopic (exact) mass is 369 g/mol. The van der Waals surface area contributed by atoms with Crippen LogP contribution in [-0.4, -0.2) is 52.1 Å². The number of nitrogen functional groups attached to an aromatic ring is 1. The first-order valence-corrected chi connectivity index (χ1v) is 8.55. The second kappa shape index (κ2) is 6.86. The van der Waals surface area contributed by atoms with Crippen molar-refractivity contribution < 1.29 is 9.53 Å². The Morgan fingerprint density at radius 2 is 1.88 bits per heavy atom. The predicted octanol–water partition coefficient (Wildman–Crippen LogP) is 2.40. The summed E-state index contributed by atoms with van der Waals surface area (Å²) >= 11 is 6.13. The van der Waals surface area contributed by atoms with E-state index in [0.717, 1.165) is 5.39 Å². The van der Waals surface area contributed by atoms with E-state index in [1.165, 1.54) is 0 Å². The third-order valence-corrected chi connectivity index (χ3v) is 4.50. The topological polar surface area (TPSA) is 94.2 Å². The summed E-state index contributed by atoms with van der Waals surface area (Å²) in [5.41, 5.74) is 8.04. The lowest BCUT2D eigenvalue weighted by atomic mass is 10.0. The summed E-state index contributed by atoms with van der Waals surface area (Å²) < 4.78 is 5.34. The minimum absolute atomic E-state index is 0.0550. The van der Waals surface area contributed by atoms with Crippen molar-refractivity contribution in [2.45, 2.75) is 0 Å². The second-order valence-corrected chi connectivity index (χ2v) is 6.39. The molecule has 8 heteroatoms. The summed E-state index contributed by atoms with van der Waals surface area (Å²) in [4.78, 5) is 27.5. The van der Waals surface area contributed by atoms with Crippen LogP contribution in [0.15, 0.2) is 36.7 Å². The molecule has 1 fully saturated rings. The molecule has 3 heterocycles. The Morgan fingerprint density at radius 3 is 2.62 bits per heavy atom. The average Bonchev–Trinajstić information content (AvgIpc) is 2.67. The molecule has 1 aliphatic heterocycles. The van der Waals surface area contributed by atoms with E-state index >= 15 is 0 Å². The van der Waals surface area contributed by atoms with Crippen molar-refractivity contribution in [1.29, 1.82) is 0 Å². The molecule has 0 bridgehead atoms. The molecule has 0 aliphatic carbocycles. The van der Waals surface area contributed by atoms with E-state index in [1.54, 1.807) is 35.5 Å². The van der Waals surface area contributed by atoms with Gasteiger partial charge in [-0.1, -0.05) is 17.7 Å². The summed E-state index contributed by atoms with van der Waals surface area (Å²) in [6.45, 7) is 2.21. The molecule has 3 aromatic rings. The van der Waals surface area contributed by atoms with E-state index in [-0.39, 0.29) is 11.9 Å². The quantitative estimate of drug-likeness (QED) is 0.745. The van der Waals surface area contributed by atoms with Crippen LogP contribution in [-0.2, 0) is 4.74 Å². The van der Waals surface area contributed by atoms with Crippen molar-refractivity contribution in [2.24, 2.45) is 0 Å². The minimum atomic E-state index is -0.0550. The first kappa shape index (κ1) is 16.7. The molecule has 1 saturated heterocycles. The number of carbonyl (C=O) groups excluding carboxylic acids is 1. The number of hydrogen-bond acceptors (Lipinski definition) is 6. The van der Waals surface area contributed by atoms with Crippen LogP contribution in [0.1, 0.15) is 10.4 Å². The van der Waals surface area contributed by atoms with Crippen LogP contribution >= 0.6 is 11.6 Å². The number of aromatic nitrogens is 3. The zero-order valence-electron chi connectivity index (χ0n) is 13.9. The van der Waals surface area contributed by atoms with Crippen molar-refractivity contribution in [2.75, 3.05) is 32.0 Å². The standard InChI is InChI=1S/C18H16ClN5O2/c19-12-1-2-13-14(17(25)24-3-5-26-6-4-24)8-15(23-16(13)7-12)11-9-21-18(20)22-10-11/h1-2,7-10H,3-6H2,(H2,20,21,22). The molecular weight excluding hydrogens is 354 g/mol. The number of halogens is 1. The average molecular weight is 370 g/mol. The maximum Gasteiger partial charge on any atom is 0.254 e. The Labute approximate surface area is 154 Å². The second-order valence-electron chi connectivity index (χ2n) is 5.95. The van der Waals surface area contributed by atoms with Gasteiger partial charge in [-0.25, -0.2) is 15.0 Å². The van der Waals surface area contributed by atoms with E-state index in [1.807, 2.05) is 6.07 Å². The number of morpholine rings is 1. The first-order chi connectivity index (χ1) is 12.6. The van der Waals surface area contributed by atoms with Gasteiger partial charge in [-0.3, -0.25) is 4.79 Å². The molecule has 0 spiro atoms. The molecule has 7 nitrogen and oxygen atoms in total. The van der Waals surface area contributed by atoms with E-state index in [2.05, 4.69) is 15.0 Å². The Morgan fingerprint density at radius 1 is 1.15 bits per heavy atom. The van der Waals surface area contributed by atoms with Gasteiger partial charge in [-0.15, -0.1) is 0 Å². The number of nitrogens with zero attached hydrogens (tertiary/aromatic N) is 4. The molecule has 26 heavy (non-hydrogen) atoms. The molecule has 0 saturated carbocycles. The molecule has 132 valence electrons. The fourth-order valence-corrected chi connectivity index (χ4v) is 3.10. The van der Waals surface area contributed by atoms with Crippen molar-refractivity contribution in [3.8, 4) is 11.3 Å². The molecule has 1 aliphatic rings. The van der Waals surface area contributed by atoms with E-state index in [0.29, 0.717) is 53.7 Å². The summed E-state index contributed by atoms with van der Waals surface area (Å²) in [6, 6.07) is 7.09. The van der Waals surface area contributed by atoms with Gasteiger partial charge in [0.1, 0.15) is 0 Å². The number of hydrogen-bond donors (Lipinski definition) is 1. The summed E-state index contributed by atoms with van der Waals surface area (Å²) in [7, 11) is 0. The van der Waals surface area contributed by atoms with Crippen molar-refractivity contribution >= 4 is 34.4 Å². The predicted molar refractivity (Wildman–Crippen MR) is 98.9 cm³/mol. The highest BCUT2D eigenvalue weighted by Crippen LogP contribution is 2.27. The highest BCUT2D eigenvalue weighted by molar-refractivity contribution is 6.31. The number of ether oxygens (including phenoxy) is 1. The molecule has 2 aromatic heterocycles. The number of pyridine rings is 1. The van der Waals surface area contributed by atoms with Crippen LogP contribution in [0.2, 0.25) is 5.02 Å². The van der Waals surface area contributed by atoms with Gasteiger partial charge in [0.25, 0.3) is 5.91 Å². The zero-order valence-corrected chi connectivity index (χ0v) is 14.6. The number of carbonyl (C=O) groups is 1. The van der Waals surface area contributed by atoms with Gasteiger partial charge in [-0.05, 0) is 18.2 Å². The third kappa shape index (κ3) is 3.18. The lowest BCUT2D eigenvalue weighted by Gasteiger charge is -2.27. The summed E-state index contributed by atoms with van der Waals surface area (Å²) in [6.07, 6.45) is 3.17. The lowest BCUT2D eigenvalue weighted by Crippen LogP contribution is -2.40. The summed E-state index contributed by atoms with van der Waals surface area (Å²) in [5, 5.41) is 1.31. The number of benzene rings is 1. The van der Waals surface area contributed by atoms with E-state index in [4.69, 9.17) is 22.1 Å². The number of rotatable bonds is 2. The minimum Gasteiger partial charge on any atom is -0.378 e. The van der Waals surface area contributed by atoms with Gasteiger partial charge < -0.3 is 15.4 Å². The Bertz CT molecular complexity index is 971. The Hall–Kier alpha value is -2.77. The fourth-order valence-electron chi connectivity index (χ4n) is 2.93. The van der Waals surface area contributed by atoms with Crippen molar-refractivity contribution in [3.05, 3.63) is 47.2 Å². The smallest absolute Gasteiger partial charge is 0.254 e. The van der Waals surface area contributed by atoms with Gasteiger partial charge in [0.15, 0.2) is 0 Å². The number of amides is 1. The van der Waals surface area contributed by atoms with E-state index in [9.17, 15) is 4.79 Å². The number of nitrogens with two attached hydrogens (primary N) is 1. The van der Waals surface area contributed by atoms with Crippen LogP contribution in [0.3, 0.4) is 0 Å². The maximum atomic E-state index is 13.1. The van der Waals surface area contributed by atoms with Crippen molar-refractivity contribution in [1.82, 2.24) is 19.9 Å². The molecular formula is C18H16ClN5O2. The van der Waals surface area contributed by atoms with Crippen molar-refractivity contribution in [3.63, 3.8) is 0 Å². The van der Waals surface area contributed by atoms with Crippen LogP contribution in [0.4, 0.5) is 5.95 Å². The largest absolute Gasteiger partial charge is 0.378 e. The van der Waals surface area contributed by atoms with Crippen LogP contribution in [0.25, 0.3) is 22.2 Å². The van der Waals surface area contributed by atoms with Crippen LogP contribution in [0.5, 0.6) is 0 Å².